The summed E-state index contributed by atoms with van der Waals surface area (Å²) in [7, 11) is 0. The molecule has 9 heteroatoms. The molecule has 35 heavy (non-hydrogen) atoms. The van der Waals surface area contributed by atoms with Crippen molar-refractivity contribution in [2.75, 3.05) is 18.5 Å². The van der Waals surface area contributed by atoms with Gasteiger partial charge in [-0.1, -0.05) is 48.5 Å². The number of aromatic nitrogens is 1. The van der Waals surface area contributed by atoms with Gasteiger partial charge in [-0.2, -0.15) is 0 Å². The number of carbonyl (C=O) groups excluding carboxylic acids is 2. The van der Waals surface area contributed by atoms with Gasteiger partial charge < -0.3 is 15.2 Å². The molecular formula is C26H25N3O5S. The largest absolute Gasteiger partial charge is 0.481 e. The third-order valence-corrected chi connectivity index (χ3v) is 7.48. The lowest BCUT2D eigenvalue weighted by atomic mass is 9.98. The number of aryl methyl sites for hydroxylation is 1. The molecule has 1 heterocycles. The maximum absolute atomic E-state index is 12.4. The van der Waals surface area contributed by atoms with Crippen LogP contribution in [0.25, 0.3) is 11.1 Å². The van der Waals surface area contributed by atoms with E-state index in [1.807, 2.05) is 24.3 Å². The standard InChI is InChI=1S/C26H25N3O5S/c30-23(27-12-15-11-21(15)24(31)32)10-9-16-13-28-25(35-16)29-26(33)34-14-22-19-7-3-1-5-17(19)18-6-2-4-8-20(18)22/h1-8,13,15,21-22H,9-12,14H2,(H,27,30)(H,31,32)(H,28,29,33)/t15-,21-/m0/s1. The summed E-state index contributed by atoms with van der Waals surface area (Å²) >= 11 is 1.30. The summed E-state index contributed by atoms with van der Waals surface area (Å²) in [5.41, 5.74) is 4.64. The zero-order valence-corrected chi connectivity index (χ0v) is 19.7. The quantitative estimate of drug-likeness (QED) is 0.411. The highest BCUT2D eigenvalue weighted by Gasteiger charge is 2.42. The lowest BCUT2D eigenvalue weighted by Gasteiger charge is -2.14. The van der Waals surface area contributed by atoms with Crippen LogP contribution in [-0.2, 0) is 20.7 Å². The number of anilines is 1. The average molecular weight is 492 g/mol. The second-order valence-electron chi connectivity index (χ2n) is 8.83. The number of nitrogens with zero attached hydrogens (tertiary/aromatic N) is 1. The minimum Gasteiger partial charge on any atom is -0.481 e. The molecule has 0 unspecified atom stereocenters. The molecule has 0 saturated heterocycles. The minimum atomic E-state index is -0.801. The highest BCUT2D eigenvalue weighted by atomic mass is 32.1. The first-order valence-corrected chi connectivity index (χ1v) is 12.4. The number of hydrogen-bond donors (Lipinski definition) is 3. The van der Waals surface area contributed by atoms with Gasteiger partial charge in [-0.3, -0.25) is 14.9 Å². The Morgan fingerprint density at radius 1 is 1.06 bits per heavy atom. The molecular weight excluding hydrogens is 466 g/mol. The normalized spacial score (nSPS) is 17.8. The summed E-state index contributed by atoms with van der Waals surface area (Å²) in [5.74, 6) is -1.23. The van der Waals surface area contributed by atoms with Gasteiger partial charge in [0.15, 0.2) is 5.13 Å². The van der Waals surface area contributed by atoms with E-state index in [0.29, 0.717) is 24.5 Å². The lowest BCUT2D eigenvalue weighted by Crippen LogP contribution is -2.26. The Kier molecular flexibility index (Phi) is 6.50. The van der Waals surface area contributed by atoms with Crippen LogP contribution in [0.15, 0.2) is 54.7 Å². The van der Waals surface area contributed by atoms with E-state index in [-0.39, 0.29) is 36.7 Å². The fourth-order valence-electron chi connectivity index (χ4n) is 4.55. The summed E-state index contributed by atoms with van der Waals surface area (Å²) in [4.78, 5) is 40.4. The fourth-order valence-corrected chi connectivity index (χ4v) is 5.35. The predicted octanol–water partition coefficient (Wildman–Crippen LogP) is 4.27. The SMILES string of the molecule is O=C(CCc1cnc(NC(=O)OCC2c3ccccc3-c3ccccc32)s1)NC[C@@H]1C[C@@H]1C(=O)O. The van der Waals surface area contributed by atoms with E-state index in [1.165, 1.54) is 22.5 Å². The van der Waals surface area contributed by atoms with Crippen molar-refractivity contribution in [2.45, 2.75) is 25.2 Å². The highest BCUT2D eigenvalue weighted by Crippen LogP contribution is 2.44. The second kappa shape index (κ2) is 9.87. The van der Waals surface area contributed by atoms with Crippen molar-refractivity contribution >= 4 is 34.4 Å². The molecule has 2 atom stereocenters. The molecule has 0 radical (unpaired) electrons. The summed E-state index contributed by atoms with van der Waals surface area (Å²) in [6.07, 6.45) is 2.45. The number of benzene rings is 2. The first-order chi connectivity index (χ1) is 17.0. The smallest absolute Gasteiger partial charge is 0.413 e. The van der Waals surface area contributed by atoms with Gasteiger partial charge in [-0.25, -0.2) is 9.78 Å². The van der Waals surface area contributed by atoms with E-state index in [4.69, 9.17) is 9.84 Å². The van der Waals surface area contributed by atoms with Gasteiger partial charge in [0, 0.05) is 30.0 Å². The topological polar surface area (TPSA) is 118 Å². The molecule has 0 aliphatic heterocycles. The van der Waals surface area contributed by atoms with Crippen LogP contribution in [0.3, 0.4) is 0 Å². The van der Waals surface area contributed by atoms with E-state index in [0.717, 1.165) is 16.0 Å². The van der Waals surface area contributed by atoms with E-state index >= 15 is 0 Å². The Hall–Kier alpha value is -3.72. The van der Waals surface area contributed by atoms with Crippen molar-refractivity contribution in [1.29, 1.82) is 0 Å². The molecule has 5 rings (SSSR count). The summed E-state index contributed by atoms with van der Waals surface area (Å²) in [6.45, 7) is 0.620. The van der Waals surface area contributed by atoms with Gasteiger partial charge in [-0.05, 0) is 41.0 Å². The van der Waals surface area contributed by atoms with Crippen LogP contribution in [0.5, 0.6) is 0 Å². The third kappa shape index (κ3) is 5.19. The number of rotatable bonds is 9. The maximum Gasteiger partial charge on any atom is 0.413 e. The summed E-state index contributed by atoms with van der Waals surface area (Å²) < 4.78 is 5.55. The number of ether oxygens (including phenoxy) is 1. The number of thiazole rings is 1. The Bertz CT molecular complexity index is 1230. The van der Waals surface area contributed by atoms with Crippen LogP contribution in [0, 0.1) is 11.8 Å². The van der Waals surface area contributed by atoms with Crippen molar-refractivity contribution in [3.05, 3.63) is 70.7 Å². The maximum atomic E-state index is 12.4. The molecule has 2 aromatic carbocycles. The number of nitrogens with one attached hydrogen (secondary N) is 2. The van der Waals surface area contributed by atoms with E-state index in [2.05, 4.69) is 39.9 Å². The zero-order chi connectivity index (χ0) is 24.4. The number of fused-ring (bicyclic) bond motifs is 3. The monoisotopic (exact) mass is 491 g/mol. The molecule has 180 valence electrons. The molecule has 3 N–H and O–H groups in total. The van der Waals surface area contributed by atoms with E-state index < -0.39 is 12.1 Å². The Morgan fingerprint density at radius 2 is 1.74 bits per heavy atom. The highest BCUT2D eigenvalue weighted by molar-refractivity contribution is 7.15. The van der Waals surface area contributed by atoms with Crippen molar-refractivity contribution in [2.24, 2.45) is 11.8 Å². The molecule has 3 aromatic rings. The zero-order valence-electron chi connectivity index (χ0n) is 18.9. The fraction of sp³-hybridized carbons (Fsp3) is 0.308. The van der Waals surface area contributed by atoms with Crippen molar-refractivity contribution < 1.29 is 24.2 Å². The Morgan fingerprint density at radius 3 is 2.40 bits per heavy atom. The Labute approximate surface area is 206 Å². The second-order valence-corrected chi connectivity index (χ2v) is 9.94. The van der Waals surface area contributed by atoms with Gasteiger partial charge in [-0.15, -0.1) is 11.3 Å². The molecule has 0 bridgehead atoms. The summed E-state index contributed by atoms with van der Waals surface area (Å²) in [6, 6.07) is 16.3. The predicted molar refractivity (Wildman–Crippen MR) is 131 cm³/mol. The molecule has 2 amide bonds. The van der Waals surface area contributed by atoms with E-state index in [9.17, 15) is 14.4 Å². The summed E-state index contributed by atoms with van der Waals surface area (Å²) in [5, 5.41) is 14.8. The molecule has 1 aromatic heterocycles. The van der Waals surface area contributed by atoms with Gasteiger partial charge in [0.25, 0.3) is 0 Å². The number of aliphatic carboxylic acids is 1. The van der Waals surface area contributed by atoms with Gasteiger partial charge >= 0.3 is 12.1 Å². The number of carboxylic acid groups (broad SMARTS) is 1. The minimum absolute atomic E-state index is 0.0139. The number of amides is 2. The van der Waals surface area contributed by atoms with Gasteiger partial charge in [0.05, 0.1) is 5.92 Å². The number of hydrogen-bond acceptors (Lipinski definition) is 6. The van der Waals surface area contributed by atoms with Crippen LogP contribution < -0.4 is 10.6 Å². The van der Waals surface area contributed by atoms with Crippen LogP contribution in [-0.4, -0.2) is 41.2 Å². The molecule has 1 saturated carbocycles. The van der Waals surface area contributed by atoms with Crippen LogP contribution in [0.4, 0.5) is 9.93 Å². The van der Waals surface area contributed by atoms with Crippen LogP contribution in [0.1, 0.15) is 34.8 Å². The average Bonchev–Trinajstić information content (AvgIpc) is 3.41. The van der Waals surface area contributed by atoms with Gasteiger partial charge in [0.1, 0.15) is 6.61 Å². The molecule has 1 fully saturated rings. The molecule has 0 spiro atoms. The van der Waals surface area contributed by atoms with E-state index in [1.54, 1.807) is 6.20 Å². The number of carbonyl (C=O) groups is 3. The lowest BCUT2D eigenvalue weighted by molar-refractivity contribution is -0.139. The molecule has 2 aliphatic rings. The van der Waals surface area contributed by atoms with Crippen LogP contribution in [0.2, 0.25) is 0 Å². The van der Waals surface area contributed by atoms with Crippen molar-refractivity contribution in [3.8, 4) is 11.1 Å². The first-order valence-electron chi connectivity index (χ1n) is 11.6. The third-order valence-electron chi connectivity index (χ3n) is 6.51. The van der Waals surface area contributed by atoms with Crippen molar-refractivity contribution in [3.63, 3.8) is 0 Å². The first kappa shape index (κ1) is 23.0. The molecule has 2 aliphatic carbocycles. The molecule has 8 nitrogen and oxygen atoms in total. The van der Waals surface area contributed by atoms with Crippen LogP contribution >= 0.6 is 11.3 Å². The van der Waals surface area contributed by atoms with Gasteiger partial charge in [0.2, 0.25) is 5.91 Å². The number of carboxylic acids is 1. The Balaban J connectivity index is 1.08. The van der Waals surface area contributed by atoms with Crippen molar-refractivity contribution in [1.82, 2.24) is 10.3 Å².